The van der Waals surface area contributed by atoms with E-state index in [9.17, 15) is 22.8 Å². The summed E-state index contributed by atoms with van der Waals surface area (Å²) in [6, 6.07) is 9.18. The van der Waals surface area contributed by atoms with Gasteiger partial charge in [-0.05, 0) is 42.5 Å². The molecule has 1 heterocycles. The number of nitrogens with zero attached hydrogens (tertiary/aromatic N) is 2. The highest BCUT2D eigenvalue weighted by molar-refractivity contribution is 7.14. The molecule has 6 nitrogen and oxygen atoms in total. The molecule has 3 aromatic rings. The third-order valence-electron chi connectivity index (χ3n) is 4.27. The topological polar surface area (TPSA) is 71.5 Å². The molecular formula is C22H17ClF3N3O3S. The highest BCUT2D eigenvalue weighted by Crippen LogP contribution is 2.35. The van der Waals surface area contributed by atoms with E-state index in [1.807, 2.05) is 0 Å². The molecule has 2 aromatic carbocycles. The van der Waals surface area contributed by atoms with Gasteiger partial charge in [0.15, 0.2) is 5.13 Å². The molecule has 1 N–H and O–H groups in total. The maximum Gasteiger partial charge on any atom is 0.416 e. The number of ether oxygens (including phenoxy) is 1. The van der Waals surface area contributed by atoms with Gasteiger partial charge in [-0.1, -0.05) is 17.7 Å². The van der Waals surface area contributed by atoms with Gasteiger partial charge in [0, 0.05) is 24.1 Å². The van der Waals surface area contributed by atoms with E-state index in [2.05, 4.69) is 10.3 Å². The number of methoxy groups -OCH3 is 1. The first-order valence-corrected chi connectivity index (χ1v) is 10.6. The van der Waals surface area contributed by atoms with Crippen molar-refractivity contribution >= 4 is 57.3 Å². The van der Waals surface area contributed by atoms with Gasteiger partial charge in [-0.2, -0.15) is 13.2 Å². The smallest absolute Gasteiger partial charge is 0.416 e. The van der Waals surface area contributed by atoms with Crippen LogP contribution < -0.4 is 15.0 Å². The summed E-state index contributed by atoms with van der Waals surface area (Å²) in [7, 11) is 1.48. The molecule has 0 spiro atoms. The van der Waals surface area contributed by atoms with Crippen LogP contribution in [0.25, 0.3) is 6.08 Å². The summed E-state index contributed by atoms with van der Waals surface area (Å²) in [6.45, 7) is 1.23. The van der Waals surface area contributed by atoms with Crippen molar-refractivity contribution in [3.8, 4) is 5.75 Å². The molecule has 0 saturated heterocycles. The predicted molar refractivity (Wildman–Crippen MR) is 122 cm³/mol. The van der Waals surface area contributed by atoms with Crippen molar-refractivity contribution in [3.63, 3.8) is 0 Å². The molecule has 0 aliphatic heterocycles. The SMILES string of the molecule is COc1ccc(NC(=O)/C=C/c2csc(N(C(C)=O)c3cccc(C(F)(F)F)c3)n2)cc1Cl. The largest absolute Gasteiger partial charge is 0.495 e. The Kier molecular flexibility index (Phi) is 7.39. The summed E-state index contributed by atoms with van der Waals surface area (Å²) in [4.78, 5) is 29.7. The normalized spacial score (nSPS) is 11.5. The second kappa shape index (κ2) is 10.1. The van der Waals surface area contributed by atoms with Gasteiger partial charge < -0.3 is 10.1 Å². The number of rotatable bonds is 6. The molecule has 0 atom stereocenters. The van der Waals surface area contributed by atoms with Gasteiger partial charge in [0.1, 0.15) is 5.75 Å². The van der Waals surface area contributed by atoms with Crippen molar-refractivity contribution in [3.05, 3.63) is 70.2 Å². The highest BCUT2D eigenvalue weighted by atomic mass is 35.5. The van der Waals surface area contributed by atoms with Crippen molar-refractivity contribution in [1.82, 2.24) is 4.98 Å². The first-order chi connectivity index (χ1) is 15.6. The van der Waals surface area contributed by atoms with Crippen molar-refractivity contribution in [2.75, 3.05) is 17.3 Å². The van der Waals surface area contributed by atoms with Crippen LogP contribution in [0.2, 0.25) is 5.02 Å². The molecule has 0 unspecified atom stereocenters. The second-order valence-corrected chi connectivity index (χ2v) is 7.87. The average molecular weight is 496 g/mol. The van der Waals surface area contributed by atoms with E-state index in [1.165, 1.54) is 44.4 Å². The summed E-state index contributed by atoms with van der Waals surface area (Å²) < 4.78 is 44.2. The molecule has 33 heavy (non-hydrogen) atoms. The van der Waals surface area contributed by atoms with Gasteiger partial charge in [-0.25, -0.2) is 4.98 Å². The Hall–Kier alpha value is -3.37. The van der Waals surface area contributed by atoms with E-state index in [1.54, 1.807) is 17.5 Å². The molecular weight excluding hydrogens is 479 g/mol. The summed E-state index contributed by atoms with van der Waals surface area (Å²) >= 11 is 7.09. The number of thiazole rings is 1. The molecule has 0 bridgehead atoms. The van der Waals surface area contributed by atoms with E-state index >= 15 is 0 Å². The van der Waals surface area contributed by atoms with Crippen LogP contribution in [0.15, 0.2) is 53.9 Å². The van der Waals surface area contributed by atoms with Crippen LogP contribution in [0.5, 0.6) is 5.75 Å². The number of hydrogen-bond donors (Lipinski definition) is 1. The predicted octanol–water partition coefficient (Wildman–Crippen LogP) is 6.16. The number of carbonyl (C=O) groups excluding carboxylic acids is 2. The first-order valence-electron chi connectivity index (χ1n) is 9.34. The van der Waals surface area contributed by atoms with Crippen LogP contribution in [0.3, 0.4) is 0 Å². The summed E-state index contributed by atoms with van der Waals surface area (Å²) in [5.74, 6) is -0.489. The molecule has 2 amide bonds. The van der Waals surface area contributed by atoms with Crippen LogP contribution >= 0.6 is 22.9 Å². The van der Waals surface area contributed by atoms with Gasteiger partial charge in [-0.3, -0.25) is 14.5 Å². The number of alkyl halides is 3. The molecule has 0 fully saturated rings. The van der Waals surface area contributed by atoms with Crippen molar-refractivity contribution < 1.29 is 27.5 Å². The third-order valence-corrected chi connectivity index (χ3v) is 5.41. The Balaban J connectivity index is 1.76. The Labute approximate surface area is 196 Å². The summed E-state index contributed by atoms with van der Waals surface area (Å²) in [5, 5.41) is 4.72. The lowest BCUT2D eigenvalue weighted by Gasteiger charge is -2.19. The van der Waals surface area contributed by atoms with Gasteiger partial charge in [0.05, 0.1) is 29.1 Å². The minimum atomic E-state index is -4.54. The molecule has 0 radical (unpaired) electrons. The zero-order valence-electron chi connectivity index (χ0n) is 17.3. The van der Waals surface area contributed by atoms with E-state index in [-0.39, 0.29) is 10.8 Å². The molecule has 11 heteroatoms. The zero-order chi connectivity index (χ0) is 24.2. The Morgan fingerprint density at radius 1 is 1.21 bits per heavy atom. The van der Waals surface area contributed by atoms with Gasteiger partial charge in [0.25, 0.3) is 0 Å². The summed E-state index contributed by atoms with van der Waals surface area (Å²) in [6.07, 6.45) is -1.89. The van der Waals surface area contributed by atoms with Crippen LogP contribution in [-0.2, 0) is 15.8 Å². The van der Waals surface area contributed by atoms with Crippen LogP contribution in [-0.4, -0.2) is 23.9 Å². The lowest BCUT2D eigenvalue weighted by molar-refractivity contribution is -0.137. The quantitative estimate of drug-likeness (QED) is 0.416. The van der Waals surface area contributed by atoms with Crippen LogP contribution in [0.4, 0.5) is 29.7 Å². The zero-order valence-corrected chi connectivity index (χ0v) is 18.9. The van der Waals surface area contributed by atoms with E-state index in [0.717, 1.165) is 28.4 Å². The number of carbonyl (C=O) groups is 2. The number of halogens is 4. The van der Waals surface area contributed by atoms with Crippen molar-refractivity contribution in [1.29, 1.82) is 0 Å². The van der Waals surface area contributed by atoms with Crippen LogP contribution in [0.1, 0.15) is 18.2 Å². The molecule has 3 rings (SSSR count). The number of nitrogens with one attached hydrogen (secondary N) is 1. The number of aromatic nitrogens is 1. The lowest BCUT2D eigenvalue weighted by atomic mass is 10.2. The number of anilines is 3. The van der Waals surface area contributed by atoms with Gasteiger partial charge >= 0.3 is 6.18 Å². The minimum absolute atomic E-state index is 0.0383. The Morgan fingerprint density at radius 3 is 2.61 bits per heavy atom. The Bertz CT molecular complexity index is 1210. The fraction of sp³-hybridized carbons (Fsp3) is 0.136. The molecule has 172 valence electrons. The monoisotopic (exact) mass is 495 g/mol. The van der Waals surface area contributed by atoms with Crippen molar-refractivity contribution in [2.45, 2.75) is 13.1 Å². The number of hydrogen-bond acceptors (Lipinski definition) is 5. The van der Waals surface area contributed by atoms with Gasteiger partial charge in [0.2, 0.25) is 11.8 Å². The van der Waals surface area contributed by atoms with Gasteiger partial charge in [-0.15, -0.1) is 11.3 Å². The van der Waals surface area contributed by atoms with E-state index in [0.29, 0.717) is 22.2 Å². The van der Waals surface area contributed by atoms with Crippen molar-refractivity contribution in [2.24, 2.45) is 0 Å². The second-order valence-electron chi connectivity index (χ2n) is 6.63. The average Bonchev–Trinajstić information content (AvgIpc) is 3.20. The Morgan fingerprint density at radius 2 is 1.97 bits per heavy atom. The third kappa shape index (κ3) is 6.11. The lowest BCUT2D eigenvalue weighted by Crippen LogP contribution is -2.23. The molecule has 0 aliphatic rings. The number of amides is 2. The molecule has 0 saturated carbocycles. The molecule has 0 aliphatic carbocycles. The highest BCUT2D eigenvalue weighted by Gasteiger charge is 2.31. The van der Waals surface area contributed by atoms with E-state index in [4.69, 9.17) is 16.3 Å². The fourth-order valence-corrected chi connectivity index (χ4v) is 3.91. The first kappa shape index (κ1) is 24.3. The standard InChI is InChI=1S/C22H17ClF3N3O3S/c1-13(30)29(17-5-3-4-14(10-17)22(24,25)26)21-28-16(12-33-21)7-9-20(31)27-15-6-8-19(32-2)18(23)11-15/h3-12H,1-2H3,(H,27,31)/b9-7+. The molecule has 1 aromatic heterocycles. The maximum atomic E-state index is 13.1. The number of benzene rings is 2. The van der Waals surface area contributed by atoms with E-state index < -0.39 is 23.6 Å². The minimum Gasteiger partial charge on any atom is -0.495 e. The summed E-state index contributed by atoms with van der Waals surface area (Å²) in [5.41, 5.74) is -0.0209. The fourth-order valence-electron chi connectivity index (χ4n) is 2.79. The van der Waals surface area contributed by atoms with Crippen LogP contribution in [0, 0.1) is 0 Å². The maximum absolute atomic E-state index is 13.1.